The molecule has 0 radical (unpaired) electrons. The van der Waals surface area contributed by atoms with Gasteiger partial charge in [-0.3, -0.25) is 14.4 Å². The highest BCUT2D eigenvalue weighted by molar-refractivity contribution is 7.10. The van der Waals surface area contributed by atoms with Crippen LogP contribution in [0, 0.1) is 11.8 Å². The largest absolute Gasteiger partial charge is 0.300 e. The molecule has 2 rings (SSSR count). The Morgan fingerprint density at radius 1 is 0.867 bits per heavy atom. The third-order valence-electron chi connectivity index (χ3n) is 5.46. The van der Waals surface area contributed by atoms with E-state index < -0.39 is 0 Å². The lowest BCUT2D eigenvalue weighted by Crippen LogP contribution is -2.21. The van der Waals surface area contributed by atoms with Gasteiger partial charge in [-0.15, -0.1) is 22.7 Å². The van der Waals surface area contributed by atoms with Crippen LogP contribution in [0.2, 0.25) is 0 Å². The van der Waals surface area contributed by atoms with Crippen LogP contribution in [-0.4, -0.2) is 17.3 Å². The predicted molar refractivity (Wildman–Crippen MR) is 126 cm³/mol. The van der Waals surface area contributed by atoms with Crippen LogP contribution >= 0.6 is 22.7 Å². The van der Waals surface area contributed by atoms with Gasteiger partial charge in [0.2, 0.25) is 0 Å². The van der Waals surface area contributed by atoms with Gasteiger partial charge in [0.1, 0.15) is 17.3 Å². The Morgan fingerprint density at radius 2 is 1.50 bits per heavy atom. The number of carbonyl (C=O) groups is 3. The van der Waals surface area contributed by atoms with Crippen LogP contribution in [0.15, 0.2) is 35.0 Å². The first-order valence-corrected chi connectivity index (χ1v) is 12.8. The molecule has 2 aromatic rings. The third-order valence-corrected chi connectivity index (χ3v) is 7.33. The Balaban J connectivity index is 1.85. The van der Waals surface area contributed by atoms with Crippen LogP contribution in [0.5, 0.6) is 0 Å². The molecule has 30 heavy (non-hydrogen) atoms. The van der Waals surface area contributed by atoms with Gasteiger partial charge in [-0.25, -0.2) is 0 Å². The maximum atomic E-state index is 12.7. The minimum Gasteiger partial charge on any atom is -0.300 e. The molecule has 0 saturated heterocycles. The fourth-order valence-corrected chi connectivity index (χ4v) is 5.21. The zero-order valence-electron chi connectivity index (χ0n) is 18.2. The highest BCUT2D eigenvalue weighted by Crippen LogP contribution is 2.24. The average molecular weight is 447 g/mol. The molecule has 0 aromatic carbocycles. The highest BCUT2D eigenvalue weighted by Gasteiger charge is 2.23. The number of aryl methyl sites for hydroxylation is 2. The van der Waals surface area contributed by atoms with Crippen molar-refractivity contribution in [3.63, 3.8) is 0 Å². The molecule has 2 unspecified atom stereocenters. The Morgan fingerprint density at radius 3 is 2.10 bits per heavy atom. The van der Waals surface area contributed by atoms with Crippen LogP contribution in [0.25, 0.3) is 0 Å². The molecule has 0 bridgehead atoms. The monoisotopic (exact) mass is 446 g/mol. The lowest BCUT2D eigenvalue weighted by Gasteiger charge is -2.18. The standard InChI is InChI=1S/C25H34O3S2/c1-3-7-21(26)16-19(2)25(28)18-20(12-13-24-11-6-15-30-24)17-22(27)8-4-9-23-10-5-14-29-23/h5-6,10-11,14-15,19-20H,3-4,7-9,12-13,16-18H2,1-2H3. The lowest BCUT2D eigenvalue weighted by molar-refractivity contribution is -0.128. The summed E-state index contributed by atoms with van der Waals surface area (Å²) in [7, 11) is 0. The van der Waals surface area contributed by atoms with Gasteiger partial charge in [0.25, 0.3) is 0 Å². The van der Waals surface area contributed by atoms with E-state index in [2.05, 4.69) is 22.9 Å². The fourth-order valence-electron chi connectivity index (χ4n) is 3.74. The van der Waals surface area contributed by atoms with Crippen molar-refractivity contribution in [2.24, 2.45) is 11.8 Å². The molecule has 2 heterocycles. The van der Waals surface area contributed by atoms with E-state index in [-0.39, 0.29) is 29.2 Å². The molecule has 0 saturated carbocycles. The van der Waals surface area contributed by atoms with E-state index in [9.17, 15) is 14.4 Å². The average Bonchev–Trinajstić information content (AvgIpc) is 3.40. The van der Waals surface area contributed by atoms with Gasteiger partial charge in [-0.2, -0.15) is 0 Å². The number of carbonyl (C=O) groups excluding carboxylic acids is 3. The zero-order valence-corrected chi connectivity index (χ0v) is 19.9. The van der Waals surface area contributed by atoms with Gasteiger partial charge in [-0.05, 0) is 60.9 Å². The number of rotatable bonds is 16. The highest BCUT2D eigenvalue weighted by atomic mass is 32.1. The predicted octanol–water partition coefficient (Wildman–Crippen LogP) is 6.70. The van der Waals surface area contributed by atoms with Gasteiger partial charge in [0.15, 0.2) is 0 Å². The van der Waals surface area contributed by atoms with E-state index in [1.807, 2.05) is 26.0 Å². The van der Waals surface area contributed by atoms with Crippen LogP contribution in [0.4, 0.5) is 0 Å². The van der Waals surface area contributed by atoms with Crippen LogP contribution in [-0.2, 0) is 27.2 Å². The smallest absolute Gasteiger partial charge is 0.136 e. The van der Waals surface area contributed by atoms with Crippen molar-refractivity contribution in [3.8, 4) is 0 Å². The third kappa shape index (κ3) is 9.48. The molecule has 0 N–H and O–H groups in total. The van der Waals surface area contributed by atoms with Crippen molar-refractivity contribution in [1.29, 1.82) is 0 Å². The quantitative estimate of drug-likeness (QED) is 0.288. The molecule has 0 amide bonds. The Hall–Kier alpha value is -1.59. The second kappa shape index (κ2) is 13.7. The van der Waals surface area contributed by atoms with Crippen molar-refractivity contribution in [1.82, 2.24) is 0 Å². The van der Waals surface area contributed by atoms with Gasteiger partial charge in [-0.1, -0.05) is 26.0 Å². The summed E-state index contributed by atoms with van der Waals surface area (Å²) in [5, 5.41) is 4.13. The van der Waals surface area contributed by atoms with E-state index in [0.29, 0.717) is 32.1 Å². The zero-order chi connectivity index (χ0) is 21.8. The van der Waals surface area contributed by atoms with E-state index in [1.54, 1.807) is 22.7 Å². The Labute approximate surface area is 188 Å². The molecular weight excluding hydrogens is 412 g/mol. The van der Waals surface area contributed by atoms with Gasteiger partial charge in [0.05, 0.1) is 0 Å². The Bertz CT molecular complexity index is 762. The van der Waals surface area contributed by atoms with Crippen LogP contribution in [0.1, 0.15) is 75.0 Å². The normalized spacial score (nSPS) is 13.1. The maximum Gasteiger partial charge on any atom is 0.136 e. The Kier molecular flexibility index (Phi) is 11.2. The molecule has 2 aromatic heterocycles. The molecule has 0 spiro atoms. The fraction of sp³-hybridized carbons (Fsp3) is 0.560. The first-order valence-electron chi connectivity index (χ1n) is 11.1. The number of hydrogen-bond acceptors (Lipinski definition) is 5. The number of thiophene rings is 2. The van der Waals surface area contributed by atoms with Crippen molar-refractivity contribution in [3.05, 3.63) is 44.8 Å². The van der Waals surface area contributed by atoms with Crippen LogP contribution < -0.4 is 0 Å². The van der Waals surface area contributed by atoms with E-state index >= 15 is 0 Å². The molecule has 0 aliphatic rings. The van der Waals surface area contributed by atoms with Crippen molar-refractivity contribution < 1.29 is 14.4 Å². The first kappa shape index (κ1) is 24.7. The van der Waals surface area contributed by atoms with E-state index in [4.69, 9.17) is 0 Å². The van der Waals surface area contributed by atoms with E-state index in [1.165, 1.54) is 9.75 Å². The molecule has 2 atom stereocenters. The topological polar surface area (TPSA) is 51.2 Å². The summed E-state index contributed by atoms with van der Waals surface area (Å²) in [4.78, 5) is 39.9. The molecule has 0 fully saturated rings. The maximum absolute atomic E-state index is 12.7. The summed E-state index contributed by atoms with van der Waals surface area (Å²) in [6.07, 6.45) is 6.71. The minimum absolute atomic E-state index is 0.0672. The first-order chi connectivity index (χ1) is 14.5. The molecule has 5 heteroatoms. The van der Waals surface area contributed by atoms with Gasteiger partial charge >= 0.3 is 0 Å². The summed E-state index contributed by atoms with van der Waals surface area (Å²) in [5.74, 6) is 0.366. The molecule has 0 aliphatic heterocycles. The van der Waals surface area contributed by atoms with Gasteiger partial charge in [0, 0.05) is 47.8 Å². The van der Waals surface area contributed by atoms with Crippen molar-refractivity contribution in [2.45, 2.75) is 78.1 Å². The van der Waals surface area contributed by atoms with Crippen molar-refractivity contribution in [2.75, 3.05) is 0 Å². The summed E-state index contributed by atoms with van der Waals surface area (Å²) in [6, 6.07) is 8.30. The minimum atomic E-state index is -0.248. The van der Waals surface area contributed by atoms with E-state index in [0.717, 1.165) is 32.1 Å². The second-order valence-electron chi connectivity index (χ2n) is 8.22. The number of ketones is 3. The molecule has 0 aliphatic carbocycles. The summed E-state index contributed by atoms with van der Waals surface area (Å²) >= 11 is 3.45. The molecule has 164 valence electrons. The summed E-state index contributed by atoms with van der Waals surface area (Å²) in [6.45, 7) is 3.84. The SMILES string of the molecule is CCCC(=O)CC(C)C(=O)CC(CCc1cccs1)CC(=O)CCCc1cccs1. The summed E-state index contributed by atoms with van der Waals surface area (Å²) in [5.41, 5.74) is 0. The van der Waals surface area contributed by atoms with Crippen LogP contribution in [0.3, 0.4) is 0 Å². The second-order valence-corrected chi connectivity index (χ2v) is 10.3. The lowest BCUT2D eigenvalue weighted by atomic mass is 9.86. The number of hydrogen-bond donors (Lipinski definition) is 0. The number of Topliss-reactive ketones (excluding diaryl/α,β-unsaturated/α-hetero) is 3. The summed E-state index contributed by atoms with van der Waals surface area (Å²) < 4.78 is 0. The van der Waals surface area contributed by atoms with Gasteiger partial charge < -0.3 is 0 Å². The molecule has 3 nitrogen and oxygen atoms in total. The van der Waals surface area contributed by atoms with Crippen molar-refractivity contribution >= 4 is 40.0 Å². The molecular formula is C25H34O3S2.